The molecule has 0 aliphatic heterocycles. The second-order valence-corrected chi connectivity index (χ2v) is 4.83. The average molecular weight is 237 g/mol. The van der Waals surface area contributed by atoms with Gasteiger partial charge in [0, 0.05) is 6.04 Å². The number of hydrogen-bond donors (Lipinski definition) is 1. The van der Waals surface area contributed by atoms with Crippen molar-refractivity contribution >= 4 is 0 Å². The molecule has 2 nitrogen and oxygen atoms in total. The lowest BCUT2D eigenvalue weighted by Crippen LogP contribution is -2.37. The third-order valence-electron chi connectivity index (χ3n) is 3.51. The van der Waals surface area contributed by atoms with Gasteiger partial charge in [-0.2, -0.15) is 0 Å². The third-order valence-corrected chi connectivity index (χ3v) is 3.51. The van der Waals surface area contributed by atoms with Gasteiger partial charge in [-0.05, 0) is 43.0 Å². The summed E-state index contributed by atoms with van der Waals surface area (Å²) >= 11 is 0. The van der Waals surface area contributed by atoms with Gasteiger partial charge in [0.15, 0.2) is 0 Å². The van der Waals surface area contributed by atoms with Gasteiger partial charge in [0.25, 0.3) is 0 Å². The van der Waals surface area contributed by atoms with E-state index in [1.54, 1.807) is 12.1 Å². The molecule has 1 aromatic carbocycles. The summed E-state index contributed by atoms with van der Waals surface area (Å²) in [7, 11) is 0. The zero-order valence-electron chi connectivity index (χ0n) is 10.1. The van der Waals surface area contributed by atoms with Crippen LogP contribution in [0.3, 0.4) is 0 Å². The fourth-order valence-electron chi connectivity index (χ4n) is 2.42. The summed E-state index contributed by atoms with van der Waals surface area (Å²) in [5.74, 6) is 1.04. The Hall–Kier alpha value is -1.09. The molecular weight excluding hydrogens is 217 g/mol. The number of ether oxygens (including phenoxy) is 1. The first kappa shape index (κ1) is 12.4. The van der Waals surface area contributed by atoms with Crippen LogP contribution in [0, 0.1) is 11.7 Å². The molecule has 94 valence electrons. The van der Waals surface area contributed by atoms with E-state index in [9.17, 15) is 4.39 Å². The van der Waals surface area contributed by atoms with Crippen LogP contribution in [-0.4, -0.2) is 12.6 Å². The van der Waals surface area contributed by atoms with Crippen LogP contribution < -0.4 is 10.5 Å². The predicted molar refractivity (Wildman–Crippen MR) is 66.4 cm³/mol. The molecule has 1 saturated carbocycles. The maximum absolute atomic E-state index is 12.7. The van der Waals surface area contributed by atoms with Crippen molar-refractivity contribution in [3.63, 3.8) is 0 Å². The molecule has 3 heteroatoms. The van der Waals surface area contributed by atoms with E-state index in [0.717, 1.165) is 0 Å². The second-order valence-electron chi connectivity index (χ2n) is 4.83. The van der Waals surface area contributed by atoms with Gasteiger partial charge in [0.2, 0.25) is 0 Å². The van der Waals surface area contributed by atoms with Crippen LogP contribution in [-0.2, 0) is 0 Å². The first-order valence-corrected chi connectivity index (χ1v) is 6.39. The lowest BCUT2D eigenvalue weighted by Gasteiger charge is -2.27. The molecule has 0 spiro atoms. The maximum Gasteiger partial charge on any atom is 0.123 e. The fourth-order valence-corrected chi connectivity index (χ4v) is 2.42. The SMILES string of the molecule is NC(COc1ccc(F)cc1)C1CCCCC1. The summed E-state index contributed by atoms with van der Waals surface area (Å²) in [6.45, 7) is 0.524. The van der Waals surface area contributed by atoms with E-state index in [2.05, 4.69) is 0 Å². The van der Waals surface area contributed by atoms with Crippen molar-refractivity contribution in [1.29, 1.82) is 0 Å². The zero-order chi connectivity index (χ0) is 12.1. The van der Waals surface area contributed by atoms with Crippen molar-refractivity contribution in [3.8, 4) is 5.75 Å². The minimum absolute atomic E-state index is 0.0975. The Labute approximate surface area is 102 Å². The van der Waals surface area contributed by atoms with Crippen LogP contribution in [0.4, 0.5) is 4.39 Å². The second kappa shape index (κ2) is 6.01. The lowest BCUT2D eigenvalue weighted by molar-refractivity contribution is 0.214. The van der Waals surface area contributed by atoms with Crippen molar-refractivity contribution < 1.29 is 9.13 Å². The Morgan fingerprint density at radius 2 is 1.82 bits per heavy atom. The molecular formula is C14H20FNO. The highest BCUT2D eigenvalue weighted by molar-refractivity contribution is 5.22. The van der Waals surface area contributed by atoms with Crippen LogP contribution in [0.25, 0.3) is 0 Å². The fraction of sp³-hybridized carbons (Fsp3) is 0.571. The van der Waals surface area contributed by atoms with Crippen molar-refractivity contribution in [2.45, 2.75) is 38.1 Å². The van der Waals surface area contributed by atoms with E-state index < -0.39 is 0 Å². The summed E-state index contributed by atoms with van der Waals surface area (Å²) < 4.78 is 18.3. The van der Waals surface area contributed by atoms with E-state index in [-0.39, 0.29) is 11.9 Å². The Bertz CT molecular complexity index is 333. The predicted octanol–water partition coefficient (Wildman–Crippen LogP) is 3.11. The van der Waals surface area contributed by atoms with E-state index in [4.69, 9.17) is 10.5 Å². The molecule has 2 N–H and O–H groups in total. The molecule has 0 bridgehead atoms. The molecule has 0 aromatic heterocycles. The summed E-state index contributed by atoms with van der Waals surface area (Å²) in [6, 6.07) is 6.19. The Morgan fingerprint density at radius 1 is 1.18 bits per heavy atom. The minimum Gasteiger partial charge on any atom is -0.492 e. The third kappa shape index (κ3) is 3.70. The van der Waals surface area contributed by atoms with Gasteiger partial charge >= 0.3 is 0 Å². The van der Waals surface area contributed by atoms with Gasteiger partial charge in [-0.1, -0.05) is 19.3 Å². The molecule has 1 aromatic rings. The smallest absolute Gasteiger partial charge is 0.123 e. The Kier molecular flexibility index (Phi) is 4.37. The quantitative estimate of drug-likeness (QED) is 0.873. The zero-order valence-corrected chi connectivity index (χ0v) is 10.1. The van der Waals surface area contributed by atoms with Crippen LogP contribution in [0.2, 0.25) is 0 Å². The maximum atomic E-state index is 12.7. The minimum atomic E-state index is -0.242. The largest absolute Gasteiger partial charge is 0.492 e. The van der Waals surface area contributed by atoms with Crippen molar-refractivity contribution in [2.75, 3.05) is 6.61 Å². The molecule has 1 unspecified atom stereocenters. The van der Waals surface area contributed by atoms with Gasteiger partial charge in [0.1, 0.15) is 18.2 Å². The van der Waals surface area contributed by atoms with Crippen LogP contribution in [0.15, 0.2) is 24.3 Å². The van der Waals surface area contributed by atoms with Crippen LogP contribution in [0.1, 0.15) is 32.1 Å². The number of halogens is 1. The first-order valence-electron chi connectivity index (χ1n) is 6.39. The highest BCUT2D eigenvalue weighted by Gasteiger charge is 2.20. The topological polar surface area (TPSA) is 35.2 Å². The highest BCUT2D eigenvalue weighted by atomic mass is 19.1. The standard InChI is InChI=1S/C14H20FNO/c15-12-6-8-13(9-7-12)17-10-14(16)11-4-2-1-3-5-11/h6-9,11,14H,1-5,10,16H2. The lowest BCUT2D eigenvalue weighted by atomic mass is 9.84. The van der Waals surface area contributed by atoms with Gasteiger partial charge in [-0.15, -0.1) is 0 Å². The molecule has 1 aliphatic rings. The number of rotatable bonds is 4. The van der Waals surface area contributed by atoms with Crippen molar-refractivity contribution in [1.82, 2.24) is 0 Å². The normalized spacial score (nSPS) is 18.9. The van der Waals surface area contributed by atoms with E-state index in [1.165, 1.54) is 44.2 Å². The number of benzene rings is 1. The highest BCUT2D eigenvalue weighted by Crippen LogP contribution is 2.26. The van der Waals surface area contributed by atoms with Crippen molar-refractivity contribution in [2.24, 2.45) is 11.7 Å². The molecule has 1 aliphatic carbocycles. The summed E-state index contributed by atoms with van der Waals surface area (Å²) in [6.07, 6.45) is 6.34. The molecule has 0 radical (unpaired) electrons. The van der Waals surface area contributed by atoms with E-state index in [1.807, 2.05) is 0 Å². The Balaban J connectivity index is 1.78. The average Bonchev–Trinajstić information content (AvgIpc) is 2.39. The number of hydrogen-bond acceptors (Lipinski definition) is 2. The Morgan fingerprint density at radius 3 is 2.47 bits per heavy atom. The molecule has 0 saturated heterocycles. The molecule has 1 atom stereocenters. The van der Waals surface area contributed by atoms with Gasteiger partial charge in [-0.3, -0.25) is 0 Å². The summed E-state index contributed by atoms with van der Waals surface area (Å²) in [5, 5.41) is 0. The number of nitrogens with two attached hydrogens (primary N) is 1. The first-order chi connectivity index (χ1) is 8.25. The van der Waals surface area contributed by atoms with Gasteiger partial charge in [-0.25, -0.2) is 4.39 Å². The molecule has 0 heterocycles. The molecule has 0 amide bonds. The van der Waals surface area contributed by atoms with Gasteiger partial charge in [0.05, 0.1) is 0 Å². The van der Waals surface area contributed by atoms with Crippen molar-refractivity contribution in [3.05, 3.63) is 30.1 Å². The monoisotopic (exact) mass is 237 g/mol. The van der Waals surface area contributed by atoms with E-state index >= 15 is 0 Å². The van der Waals surface area contributed by atoms with Crippen LogP contribution >= 0.6 is 0 Å². The van der Waals surface area contributed by atoms with Gasteiger partial charge < -0.3 is 10.5 Å². The summed E-state index contributed by atoms with van der Waals surface area (Å²) in [4.78, 5) is 0. The summed E-state index contributed by atoms with van der Waals surface area (Å²) in [5.41, 5.74) is 6.13. The molecule has 2 rings (SSSR count). The van der Waals surface area contributed by atoms with E-state index in [0.29, 0.717) is 18.3 Å². The molecule has 17 heavy (non-hydrogen) atoms. The van der Waals surface area contributed by atoms with Crippen LogP contribution in [0.5, 0.6) is 5.75 Å². The molecule has 1 fully saturated rings.